The Hall–Kier alpha value is -1.09. The smallest absolute Gasteiger partial charge is 0.131 e. The van der Waals surface area contributed by atoms with Crippen molar-refractivity contribution in [2.45, 2.75) is 26.1 Å². The van der Waals surface area contributed by atoms with Crippen molar-refractivity contribution in [3.05, 3.63) is 29.3 Å². The normalized spacial score (nSPS) is 16.9. The standard InChI is InChI=1S/C12H16FNO/c1-9(13)8-15-12-3-2-11-7-14-5-4-10(11)6-12/h2-3,6,9,14H,4-5,7-8H2,1H3. The molecule has 0 aromatic heterocycles. The number of benzene rings is 1. The monoisotopic (exact) mass is 209 g/mol. The summed E-state index contributed by atoms with van der Waals surface area (Å²) in [5, 5.41) is 3.31. The van der Waals surface area contributed by atoms with Gasteiger partial charge in [0.25, 0.3) is 0 Å². The predicted octanol–water partition coefficient (Wildman–Crippen LogP) is 2.07. The fraction of sp³-hybridized carbons (Fsp3) is 0.500. The van der Waals surface area contributed by atoms with Gasteiger partial charge in [0.15, 0.2) is 0 Å². The molecular weight excluding hydrogens is 193 g/mol. The van der Waals surface area contributed by atoms with Crippen molar-refractivity contribution < 1.29 is 9.13 Å². The summed E-state index contributed by atoms with van der Waals surface area (Å²) in [7, 11) is 0. The molecule has 0 saturated heterocycles. The van der Waals surface area contributed by atoms with Crippen LogP contribution < -0.4 is 10.1 Å². The third-order valence-corrected chi connectivity index (χ3v) is 2.54. The molecular formula is C12H16FNO. The first-order valence-electron chi connectivity index (χ1n) is 5.35. The van der Waals surface area contributed by atoms with Crippen LogP contribution in [0.3, 0.4) is 0 Å². The molecule has 2 rings (SSSR count). The molecule has 0 bridgehead atoms. The minimum atomic E-state index is -0.914. The first-order valence-corrected chi connectivity index (χ1v) is 5.35. The summed E-state index contributed by atoms with van der Waals surface area (Å²) >= 11 is 0. The van der Waals surface area contributed by atoms with E-state index in [1.807, 2.05) is 12.1 Å². The van der Waals surface area contributed by atoms with Crippen LogP contribution in [0.5, 0.6) is 5.75 Å². The van der Waals surface area contributed by atoms with Crippen molar-refractivity contribution in [1.29, 1.82) is 0 Å². The zero-order valence-corrected chi connectivity index (χ0v) is 8.92. The van der Waals surface area contributed by atoms with Crippen LogP contribution >= 0.6 is 0 Å². The minimum Gasteiger partial charge on any atom is -0.491 e. The molecule has 1 N–H and O–H groups in total. The fourth-order valence-electron chi connectivity index (χ4n) is 1.75. The van der Waals surface area contributed by atoms with Crippen molar-refractivity contribution in [3.63, 3.8) is 0 Å². The molecule has 2 nitrogen and oxygen atoms in total. The number of rotatable bonds is 3. The Morgan fingerprint density at radius 2 is 2.33 bits per heavy atom. The maximum absolute atomic E-state index is 12.6. The summed E-state index contributed by atoms with van der Waals surface area (Å²) in [6, 6.07) is 5.99. The second kappa shape index (κ2) is 4.62. The first-order chi connectivity index (χ1) is 7.25. The van der Waals surface area contributed by atoms with E-state index < -0.39 is 6.17 Å². The average molecular weight is 209 g/mol. The molecule has 1 aliphatic heterocycles. The number of nitrogens with one attached hydrogen (secondary N) is 1. The molecule has 0 fully saturated rings. The Kier molecular flexibility index (Phi) is 3.21. The molecule has 0 aliphatic carbocycles. The van der Waals surface area contributed by atoms with Crippen molar-refractivity contribution in [2.75, 3.05) is 13.2 Å². The van der Waals surface area contributed by atoms with E-state index in [4.69, 9.17) is 4.74 Å². The topological polar surface area (TPSA) is 21.3 Å². The van der Waals surface area contributed by atoms with Crippen LogP contribution in [0.1, 0.15) is 18.1 Å². The van der Waals surface area contributed by atoms with Gasteiger partial charge >= 0.3 is 0 Å². The van der Waals surface area contributed by atoms with Gasteiger partial charge in [0.05, 0.1) is 0 Å². The second-order valence-corrected chi connectivity index (χ2v) is 3.95. The molecule has 0 radical (unpaired) electrons. The molecule has 82 valence electrons. The summed E-state index contributed by atoms with van der Waals surface area (Å²) in [4.78, 5) is 0. The minimum absolute atomic E-state index is 0.136. The summed E-state index contributed by atoms with van der Waals surface area (Å²) in [6.07, 6.45) is 0.111. The zero-order valence-electron chi connectivity index (χ0n) is 8.92. The van der Waals surface area contributed by atoms with Gasteiger partial charge in [-0.15, -0.1) is 0 Å². The van der Waals surface area contributed by atoms with Crippen LogP contribution in [-0.2, 0) is 13.0 Å². The van der Waals surface area contributed by atoms with Crippen molar-refractivity contribution >= 4 is 0 Å². The largest absolute Gasteiger partial charge is 0.491 e. The highest BCUT2D eigenvalue weighted by molar-refractivity contribution is 5.37. The molecule has 0 spiro atoms. The SMILES string of the molecule is CC(F)COc1ccc2c(c1)CCNC2. The third kappa shape index (κ3) is 2.69. The number of fused-ring (bicyclic) bond motifs is 1. The van der Waals surface area contributed by atoms with Crippen LogP contribution in [0, 0.1) is 0 Å². The van der Waals surface area contributed by atoms with Gasteiger partial charge in [0.1, 0.15) is 18.5 Å². The molecule has 3 heteroatoms. The van der Waals surface area contributed by atoms with Crippen molar-refractivity contribution in [1.82, 2.24) is 5.32 Å². The van der Waals surface area contributed by atoms with Crippen LogP contribution in [-0.4, -0.2) is 19.3 Å². The Morgan fingerprint density at radius 3 is 3.13 bits per heavy atom. The first kappa shape index (κ1) is 10.4. The molecule has 1 aliphatic rings. The van der Waals surface area contributed by atoms with E-state index >= 15 is 0 Å². The Bertz CT molecular complexity index is 338. The lowest BCUT2D eigenvalue weighted by Gasteiger charge is -2.18. The van der Waals surface area contributed by atoms with Gasteiger partial charge in [-0.1, -0.05) is 6.07 Å². The Balaban J connectivity index is 2.07. The fourth-order valence-corrected chi connectivity index (χ4v) is 1.75. The maximum atomic E-state index is 12.6. The highest BCUT2D eigenvalue weighted by atomic mass is 19.1. The predicted molar refractivity (Wildman–Crippen MR) is 57.9 cm³/mol. The quantitative estimate of drug-likeness (QED) is 0.822. The van der Waals surface area contributed by atoms with Gasteiger partial charge in [-0.25, -0.2) is 4.39 Å². The van der Waals surface area contributed by atoms with Crippen LogP contribution in [0.2, 0.25) is 0 Å². The third-order valence-electron chi connectivity index (χ3n) is 2.54. The van der Waals surface area contributed by atoms with Gasteiger partial charge in [-0.05, 0) is 43.1 Å². The lowest BCUT2D eigenvalue weighted by atomic mass is 10.0. The summed E-state index contributed by atoms with van der Waals surface area (Å²) in [5.41, 5.74) is 2.64. The second-order valence-electron chi connectivity index (χ2n) is 3.95. The van der Waals surface area contributed by atoms with E-state index in [1.165, 1.54) is 18.1 Å². The molecule has 0 saturated carbocycles. The highest BCUT2D eigenvalue weighted by Gasteiger charge is 2.09. The van der Waals surface area contributed by atoms with Crippen LogP contribution in [0.25, 0.3) is 0 Å². The number of ether oxygens (including phenoxy) is 1. The Labute approximate surface area is 89.4 Å². The van der Waals surface area contributed by atoms with E-state index in [-0.39, 0.29) is 6.61 Å². The molecule has 15 heavy (non-hydrogen) atoms. The average Bonchev–Trinajstić information content (AvgIpc) is 2.26. The number of halogens is 1. The van der Waals surface area contributed by atoms with Gasteiger partial charge in [0, 0.05) is 6.54 Å². The van der Waals surface area contributed by atoms with Crippen molar-refractivity contribution in [3.8, 4) is 5.75 Å². The highest BCUT2D eigenvalue weighted by Crippen LogP contribution is 2.20. The Morgan fingerprint density at radius 1 is 1.47 bits per heavy atom. The van der Waals surface area contributed by atoms with E-state index in [1.54, 1.807) is 0 Å². The number of hydrogen-bond donors (Lipinski definition) is 1. The number of alkyl halides is 1. The van der Waals surface area contributed by atoms with Gasteiger partial charge in [-0.2, -0.15) is 0 Å². The lowest BCUT2D eigenvalue weighted by molar-refractivity contribution is 0.209. The summed E-state index contributed by atoms with van der Waals surface area (Å²) in [6.45, 7) is 3.57. The van der Waals surface area contributed by atoms with Gasteiger partial charge in [-0.3, -0.25) is 0 Å². The van der Waals surface area contributed by atoms with Gasteiger partial charge < -0.3 is 10.1 Å². The van der Waals surface area contributed by atoms with E-state index in [0.717, 1.165) is 25.3 Å². The molecule has 1 aromatic rings. The van der Waals surface area contributed by atoms with E-state index in [0.29, 0.717) is 0 Å². The van der Waals surface area contributed by atoms with Crippen LogP contribution in [0.4, 0.5) is 4.39 Å². The zero-order chi connectivity index (χ0) is 10.7. The maximum Gasteiger partial charge on any atom is 0.131 e. The van der Waals surface area contributed by atoms with Crippen LogP contribution in [0.15, 0.2) is 18.2 Å². The molecule has 1 atom stereocenters. The van der Waals surface area contributed by atoms with Gasteiger partial charge in [0.2, 0.25) is 0 Å². The molecule has 0 amide bonds. The molecule has 1 aromatic carbocycles. The summed E-state index contributed by atoms with van der Waals surface area (Å²) in [5.74, 6) is 0.778. The van der Waals surface area contributed by atoms with E-state index in [2.05, 4.69) is 11.4 Å². The molecule has 1 heterocycles. The van der Waals surface area contributed by atoms with Crippen molar-refractivity contribution in [2.24, 2.45) is 0 Å². The lowest BCUT2D eigenvalue weighted by Crippen LogP contribution is -2.23. The number of hydrogen-bond acceptors (Lipinski definition) is 2. The summed E-state index contributed by atoms with van der Waals surface area (Å²) < 4.78 is 17.9. The molecule has 1 unspecified atom stereocenters. The van der Waals surface area contributed by atoms with E-state index in [9.17, 15) is 4.39 Å².